The topological polar surface area (TPSA) is 30.5 Å². The van der Waals surface area contributed by atoms with Gasteiger partial charge in [-0.3, -0.25) is 0 Å². The minimum absolute atomic E-state index is 0.260. The van der Waals surface area contributed by atoms with Crippen LogP contribution in [0.1, 0.15) is 19.4 Å². The number of nitrogens with one attached hydrogen (secondary N) is 1. The molecule has 0 saturated heterocycles. The molecule has 0 aliphatic rings. The van der Waals surface area contributed by atoms with Gasteiger partial charge in [0.2, 0.25) is 0 Å². The van der Waals surface area contributed by atoms with Gasteiger partial charge in [-0.15, -0.1) is 0 Å². The molecule has 16 heavy (non-hydrogen) atoms. The predicted molar refractivity (Wildman–Crippen MR) is 66.0 cm³/mol. The molecule has 0 amide bonds. The molecule has 0 bridgehead atoms. The highest BCUT2D eigenvalue weighted by Gasteiger charge is 2.07. The van der Waals surface area contributed by atoms with Crippen LogP contribution in [0.15, 0.2) is 18.2 Å². The zero-order chi connectivity index (χ0) is 11.8. The van der Waals surface area contributed by atoms with E-state index >= 15 is 0 Å². The molecule has 0 spiro atoms. The van der Waals surface area contributed by atoms with Crippen LogP contribution < -0.4 is 10.1 Å². The maximum atomic E-state index is 6.12. The van der Waals surface area contributed by atoms with E-state index in [1.807, 2.05) is 25.1 Å². The third-order valence-electron chi connectivity index (χ3n) is 2.13. The van der Waals surface area contributed by atoms with E-state index in [1.165, 1.54) is 0 Å². The monoisotopic (exact) mass is 243 g/mol. The van der Waals surface area contributed by atoms with Gasteiger partial charge in [0.05, 0.1) is 0 Å². The van der Waals surface area contributed by atoms with Gasteiger partial charge in [0.15, 0.2) is 6.79 Å². The van der Waals surface area contributed by atoms with Crippen LogP contribution in [0.4, 0.5) is 0 Å². The fourth-order valence-corrected chi connectivity index (χ4v) is 1.52. The Labute approximate surface area is 102 Å². The fraction of sp³-hybridized carbons (Fsp3) is 0.500. The van der Waals surface area contributed by atoms with Crippen molar-refractivity contribution >= 4 is 11.6 Å². The second-order valence-corrected chi connectivity index (χ2v) is 3.66. The van der Waals surface area contributed by atoms with Crippen LogP contribution in [0.2, 0.25) is 5.02 Å². The lowest BCUT2D eigenvalue weighted by molar-refractivity contribution is 0.0218. The molecule has 4 heteroatoms. The first-order valence-corrected chi connectivity index (χ1v) is 5.86. The van der Waals surface area contributed by atoms with Crippen LogP contribution in [-0.4, -0.2) is 19.9 Å². The van der Waals surface area contributed by atoms with Crippen LogP contribution in [0.3, 0.4) is 0 Å². The van der Waals surface area contributed by atoms with Crippen LogP contribution >= 0.6 is 11.6 Å². The summed E-state index contributed by atoms with van der Waals surface area (Å²) in [5, 5.41) is 3.95. The van der Waals surface area contributed by atoms with Gasteiger partial charge in [-0.25, -0.2) is 0 Å². The van der Waals surface area contributed by atoms with Crippen molar-refractivity contribution in [3.05, 3.63) is 28.8 Å². The van der Waals surface area contributed by atoms with E-state index in [4.69, 9.17) is 21.1 Å². The van der Waals surface area contributed by atoms with Crippen molar-refractivity contribution < 1.29 is 9.47 Å². The zero-order valence-corrected chi connectivity index (χ0v) is 10.5. The molecular formula is C12H18ClNO2. The molecule has 0 saturated carbocycles. The van der Waals surface area contributed by atoms with Gasteiger partial charge in [0.25, 0.3) is 0 Å². The number of benzene rings is 1. The molecule has 0 aromatic heterocycles. The Hall–Kier alpha value is -0.770. The van der Waals surface area contributed by atoms with E-state index in [2.05, 4.69) is 12.2 Å². The van der Waals surface area contributed by atoms with E-state index in [0.29, 0.717) is 13.2 Å². The standard InChI is InChI=1S/C12H18ClNO2/c1-3-14-8-10-11(13)6-5-7-12(10)16-9-15-4-2/h5-7,14H,3-4,8-9H2,1-2H3. The van der Waals surface area contributed by atoms with Crippen molar-refractivity contribution in [2.75, 3.05) is 19.9 Å². The first-order chi connectivity index (χ1) is 7.79. The Morgan fingerprint density at radius 3 is 2.81 bits per heavy atom. The van der Waals surface area contributed by atoms with Gasteiger partial charge < -0.3 is 14.8 Å². The molecule has 1 rings (SSSR count). The van der Waals surface area contributed by atoms with E-state index < -0.39 is 0 Å². The molecule has 0 aliphatic heterocycles. The molecule has 0 aliphatic carbocycles. The van der Waals surface area contributed by atoms with Crippen molar-refractivity contribution in [3.63, 3.8) is 0 Å². The third kappa shape index (κ3) is 4.00. The van der Waals surface area contributed by atoms with Crippen LogP contribution in [0, 0.1) is 0 Å². The fourth-order valence-electron chi connectivity index (χ4n) is 1.28. The molecule has 0 heterocycles. The quantitative estimate of drug-likeness (QED) is 0.590. The maximum absolute atomic E-state index is 6.12. The second kappa shape index (κ2) is 7.49. The molecule has 90 valence electrons. The van der Waals surface area contributed by atoms with Crippen molar-refractivity contribution in [1.82, 2.24) is 5.32 Å². The average molecular weight is 244 g/mol. The Bertz CT molecular complexity index is 318. The lowest BCUT2D eigenvalue weighted by Gasteiger charge is -2.12. The molecule has 1 aromatic carbocycles. The molecule has 0 fully saturated rings. The zero-order valence-electron chi connectivity index (χ0n) is 9.75. The summed E-state index contributed by atoms with van der Waals surface area (Å²) in [7, 11) is 0. The minimum Gasteiger partial charge on any atom is -0.467 e. The number of hydrogen-bond donors (Lipinski definition) is 1. The van der Waals surface area contributed by atoms with Crippen molar-refractivity contribution in [3.8, 4) is 5.75 Å². The molecule has 3 nitrogen and oxygen atoms in total. The average Bonchev–Trinajstić information content (AvgIpc) is 2.28. The summed E-state index contributed by atoms with van der Waals surface area (Å²) in [5.74, 6) is 0.780. The maximum Gasteiger partial charge on any atom is 0.189 e. The number of hydrogen-bond acceptors (Lipinski definition) is 3. The van der Waals surface area contributed by atoms with E-state index in [9.17, 15) is 0 Å². The van der Waals surface area contributed by atoms with Gasteiger partial charge in [0.1, 0.15) is 5.75 Å². The summed E-state index contributed by atoms with van der Waals surface area (Å²) in [4.78, 5) is 0. The Morgan fingerprint density at radius 1 is 1.31 bits per heavy atom. The predicted octanol–water partition coefficient (Wildman–Crippen LogP) is 2.82. The summed E-state index contributed by atoms with van der Waals surface area (Å²) in [5.41, 5.74) is 0.978. The third-order valence-corrected chi connectivity index (χ3v) is 2.48. The van der Waals surface area contributed by atoms with Gasteiger partial charge in [-0.05, 0) is 25.6 Å². The number of halogens is 1. The largest absolute Gasteiger partial charge is 0.467 e. The first-order valence-electron chi connectivity index (χ1n) is 5.48. The normalized spacial score (nSPS) is 10.4. The first kappa shape index (κ1) is 13.3. The highest BCUT2D eigenvalue weighted by Crippen LogP contribution is 2.26. The van der Waals surface area contributed by atoms with Crippen LogP contribution in [-0.2, 0) is 11.3 Å². The Kier molecular flexibility index (Phi) is 6.23. The van der Waals surface area contributed by atoms with Gasteiger partial charge >= 0.3 is 0 Å². The molecule has 0 radical (unpaired) electrons. The van der Waals surface area contributed by atoms with E-state index in [-0.39, 0.29) is 6.79 Å². The lowest BCUT2D eigenvalue weighted by atomic mass is 10.2. The lowest BCUT2D eigenvalue weighted by Crippen LogP contribution is -2.14. The SMILES string of the molecule is CCNCc1c(Cl)cccc1OCOCC. The second-order valence-electron chi connectivity index (χ2n) is 3.25. The van der Waals surface area contributed by atoms with Gasteiger partial charge in [0, 0.05) is 23.7 Å². The Balaban J connectivity index is 2.68. The van der Waals surface area contributed by atoms with Crippen molar-refractivity contribution in [2.45, 2.75) is 20.4 Å². The summed E-state index contributed by atoms with van der Waals surface area (Å²) in [6.45, 7) is 6.49. The highest BCUT2D eigenvalue weighted by atomic mass is 35.5. The molecule has 0 atom stereocenters. The van der Waals surface area contributed by atoms with Gasteiger partial charge in [-0.1, -0.05) is 24.6 Å². The van der Waals surface area contributed by atoms with Crippen molar-refractivity contribution in [2.24, 2.45) is 0 Å². The van der Waals surface area contributed by atoms with Crippen LogP contribution in [0.5, 0.6) is 5.75 Å². The van der Waals surface area contributed by atoms with Crippen molar-refractivity contribution in [1.29, 1.82) is 0 Å². The smallest absolute Gasteiger partial charge is 0.189 e. The van der Waals surface area contributed by atoms with Crippen LogP contribution in [0.25, 0.3) is 0 Å². The number of ether oxygens (including phenoxy) is 2. The molecule has 1 aromatic rings. The Morgan fingerprint density at radius 2 is 2.12 bits per heavy atom. The summed E-state index contributed by atoms with van der Waals surface area (Å²) >= 11 is 6.12. The van der Waals surface area contributed by atoms with E-state index in [0.717, 1.165) is 22.9 Å². The number of rotatable bonds is 7. The minimum atomic E-state index is 0.260. The molecule has 1 N–H and O–H groups in total. The van der Waals surface area contributed by atoms with Gasteiger partial charge in [-0.2, -0.15) is 0 Å². The summed E-state index contributed by atoms with van der Waals surface area (Å²) < 4.78 is 10.7. The molecule has 0 unspecified atom stereocenters. The van der Waals surface area contributed by atoms with E-state index in [1.54, 1.807) is 0 Å². The molecular weight excluding hydrogens is 226 g/mol. The highest BCUT2D eigenvalue weighted by molar-refractivity contribution is 6.31. The summed E-state index contributed by atoms with van der Waals surface area (Å²) in [6.07, 6.45) is 0. The summed E-state index contributed by atoms with van der Waals surface area (Å²) in [6, 6.07) is 5.64.